The van der Waals surface area contributed by atoms with Crippen molar-refractivity contribution in [1.82, 2.24) is 0 Å². The highest BCUT2D eigenvalue weighted by Gasteiger charge is 2.15. The smallest absolute Gasteiger partial charge is 0.266 e. The van der Waals surface area contributed by atoms with Gasteiger partial charge >= 0.3 is 0 Å². The third-order valence-electron chi connectivity index (χ3n) is 5.24. The Morgan fingerprint density at radius 2 is 1.66 bits per heavy atom. The van der Waals surface area contributed by atoms with Crippen LogP contribution in [-0.4, -0.2) is 38.9 Å². The van der Waals surface area contributed by atoms with E-state index >= 15 is 0 Å². The first kappa shape index (κ1) is 28.6. The van der Waals surface area contributed by atoms with Crippen molar-refractivity contribution in [2.45, 2.75) is 20.8 Å². The molecule has 0 atom stereocenters. The van der Waals surface area contributed by atoms with Gasteiger partial charge in [-0.2, -0.15) is 5.26 Å². The van der Waals surface area contributed by atoms with Crippen molar-refractivity contribution in [3.63, 3.8) is 0 Å². The molecule has 3 rings (SSSR count). The minimum absolute atomic E-state index is 0.0695. The predicted molar refractivity (Wildman–Crippen MR) is 149 cm³/mol. The molecule has 0 aliphatic carbocycles. The molecule has 38 heavy (non-hydrogen) atoms. The average Bonchev–Trinajstić information content (AvgIpc) is 2.88. The molecule has 0 saturated heterocycles. The molecule has 0 radical (unpaired) electrons. The molecule has 1 amide bonds. The lowest BCUT2D eigenvalue weighted by Crippen LogP contribution is -2.13. The standard InChI is InChI=1S/C30H31ClN2O5/c1-4-36-28-19-23(17-24(20-32)30(34)33-25-9-5-7-21(2)15-25)18-27(31)29(28)38-14-12-35-11-13-37-26-10-6-8-22(3)16-26/h5-10,15-19H,4,11-14H2,1-3H3,(H,33,34)/b24-17+. The number of nitrogens with one attached hydrogen (secondary N) is 1. The van der Waals surface area contributed by atoms with Crippen LogP contribution in [0.1, 0.15) is 23.6 Å². The van der Waals surface area contributed by atoms with Crippen LogP contribution in [0, 0.1) is 25.2 Å². The van der Waals surface area contributed by atoms with Crippen LogP contribution in [0.25, 0.3) is 6.08 Å². The molecule has 8 heteroatoms. The van der Waals surface area contributed by atoms with E-state index in [4.69, 9.17) is 30.5 Å². The van der Waals surface area contributed by atoms with Crippen molar-refractivity contribution in [3.05, 3.63) is 87.9 Å². The Labute approximate surface area is 228 Å². The molecule has 0 aliphatic rings. The maximum Gasteiger partial charge on any atom is 0.266 e. The lowest BCUT2D eigenvalue weighted by molar-refractivity contribution is -0.112. The van der Waals surface area contributed by atoms with Gasteiger partial charge in [0.25, 0.3) is 5.91 Å². The van der Waals surface area contributed by atoms with E-state index in [1.807, 2.05) is 69.3 Å². The van der Waals surface area contributed by atoms with Gasteiger partial charge in [0.05, 0.1) is 24.8 Å². The molecule has 7 nitrogen and oxygen atoms in total. The fourth-order valence-electron chi connectivity index (χ4n) is 3.54. The van der Waals surface area contributed by atoms with Gasteiger partial charge in [0.2, 0.25) is 0 Å². The summed E-state index contributed by atoms with van der Waals surface area (Å²) in [6.45, 7) is 7.57. The van der Waals surface area contributed by atoms with Crippen LogP contribution in [0.5, 0.6) is 17.2 Å². The van der Waals surface area contributed by atoms with Gasteiger partial charge in [0.1, 0.15) is 30.6 Å². The second kappa shape index (κ2) is 14.7. The number of hydrogen-bond donors (Lipinski definition) is 1. The first-order chi connectivity index (χ1) is 18.4. The van der Waals surface area contributed by atoms with E-state index in [2.05, 4.69) is 5.32 Å². The summed E-state index contributed by atoms with van der Waals surface area (Å²) in [4.78, 5) is 12.7. The summed E-state index contributed by atoms with van der Waals surface area (Å²) in [6.07, 6.45) is 1.46. The predicted octanol–water partition coefficient (Wildman–Crippen LogP) is 6.38. The van der Waals surface area contributed by atoms with Crippen molar-refractivity contribution in [3.8, 4) is 23.3 Å². The van der Waals surface area contributed by atoms with Crippen LogP contribution in [0.3, 0.4) is 0 Å². The zero-order valence-corrected chi connectivity index (χ0v) is 22.5. The average molecular weight is 535 g/mol. The third-order valence-corrected chi connectivity index (χ3v) is 5.52. The summed E-state index contributed by atoms with van der Waals surface area (Å²) >= 11 is 6.49. The van der Waals surface area contributed by atoms with Gasteiger partial charge < -0.3 is 24.3 Å². The third kappa shape index (κ3) is 8.84. The highest BCUT2D eigenvalue weighted by Crippen LogP contribution is 2.37. The van der Waals surface area contributed by atoms with Crippen LogP contribution in [-0.2, 0) is 9.53 Å². The number of nitriles is 1. The monoisotopic (exact) mass is 534 g/mol. The Balaban J connectivity index is 1.58. The Kier molecular flexibility index (Phi) is 11.0. The zero-order valence-electron chi connectivity index (χ0n) is 21.8. The zero-order chi connectivity index (χ0) is 27.3. The van der Waals surface area contributed by atoms with Gasteiger partial charge in [-0.3, -0.25) is 4.79 Å². The first-order valence-corrected chi connectivity index (χ1v) is 12.6. The van der Waals surface area contributed by atoms with E-state index in [0.717, 1.165) is 16.9 Å². The Morgan fingerprint density at radius 1 is 0.947 bits per heavy atom. The van der Waals surface area contributed by atoms with Crippen LogP contribution >= 0.6 is 11.6 Å². The number of carbonyl (C=O) groups excluding carboxylic acids is 1. The Morgan fingerprint density at radius 3 is 2.34 bits per heavy atom. The minimum atomic E-state index is -0.518. The lowest BCUT2D eigenvalue weighted by Gasteiger charge is -2.15. The van der Waals surface area contributed by atoms with E-state index in [-0.39, 0.29) is 12.2 Å². The molecule has 0 aromatic heterocycles. The number of hydrogen-bond acceptors (Lipinski definition) is 6. The van der Waals surface area contributed by atoms with Gasteiger partial charge in [-0.1, -0.05) is 35.9 Å². The molecule has 1 N–H and O–H groups in total. The van der Waals surface area contributed by atoms with E-state index in [1.165, 1.54) is 6.08 Å². The Hall–Kier alpha value is -3.99. The van der Waals surface area contributed by atoms with Crippen LogP contribution in [0.4, 0.5) is 5.69 Å². The minimum Gasteiger partial charge on any atom is -0.491 e. The van der Waals surface area contributed by atoms with Crippen molar-refractivity contribution in [1.29, 1.82) is 5.26 Å². The van der Waals surface area contributed by atoms with E-state index in [1.54, 1.807) is 18.2 Å². The molecule has 0 heterocycles. The largest absolute Gasteiger partial charge is 0.491 e. The fourth-order valence-corrected chi connectivity index (χ4v) is 3.81. The summed E-state index contributed by atoms with van der Waals surface area (Å²) in [5.41, 5.74) is 3.20. The number of ether oxygens (including phenoxy) is 4. The van der Waals surface area contributed by atoms with Crippen molar-refractivity contribution in [2.75, 3.05) is 38.4 Å². The van der Waals surface area contributed by atoms with Gasteiger partial charge in [-0.15, -0.1) is 0 Å². The maximum absolute atomic E-state index is 12.7. The molecule has 0 fully saturated rings. The molecular formula is C30H31ClN2O5. The summed E-state index contributed by atoms with van der Waals surface area (Å²) in [6, 6.07) is 20.4. The normalized spacial score (nSPS) is 11.0. The van der Waals surface area contributed by atoms with Gasteiger partial charge in [0, 0.05) is 5.69 Å². The van der Waals surface area contributed by atoms with Crippen LogP contribution in [0.15, 0.2) is 66.2 Å². The summed E-state index contributed by atoms with van der Waals surface area (Å²) in [5.74, 6) is 1.06. The molecule has 3 aromatic rings. The number of anilines is 1. The molecule has 0 aliphatic heterocycles. The quantitative estimate of drug-likeness (QED) is 0.155. The summed E-state index contributed by atoms with van der Waals surface area (Å²) in [5, 5.41) is 12.6. The van der Waals surface area contributed by atoms with Crippen LogP contribution in [0.2, 0.25) is 5.02 Å². The van der Waals surface area contributed by atoms with E-state index in [9.17, 15) is 10.1 Å². The maximum atomic E-state index is 12.7. The van der Waals surface area contributed by atoms with E-state index in [0.29, 0.717) is 54.2 Å². The molecule has 3 aromatic carbocycles. The van der Waals surface area contributed by atoms with Gasteiger partial charge in [0.15, 0.2) is 11.5 Å². The van der Waals surface area contributed by atoms with Crippen molar-refractivity contribution in [2.24, 2.45) is 0 Å². The molecule has 0 unspecified atom stereocenters. The number of nitrogens with zero attached hydrogens (tertiary/aromatic N) is 1. The summed E-state index contributed by atoms with van der Waals surface area (Å²) < 4.78 is 22.8. The second-order valence-corrected chi connectivity index (χ2v) is 8.79. The van der Waals surface area contributed by atoms with E-state index < -0.39 is 5.91 Å². The summed E-state index contributed by atoms with van der Waals surface area (Å²) in [7, 11) is 0. The number of benzene rings is 3. The number of aryl methyl sites for hydroxylation is 2. The molecule has 0 bridgehead atoms. The lowest BCUT2D eigenvalue weighted by atomic mass is 10.1. The molecule has 198 valence electrons. The highest BCUT2D eigenvalue weighted by atomic mass is 35.5. The molecule has 0 saturated carbocycles. The second-order valence-electron chi connectivity index (χ2n) is 8.38. The van der Waals surface area contributed by atoms with Gasteiger partial charge in [-0.05, 0) is 79.9 Å². The first-order valence-electron chi connectivity index (χ1n) is 12.3. The number of carbonyl (C=O) groups is 1. The topological polar surface area (TPSA) is 89.8 Å². The number of halogens is 1. The van der Waals surface area contributed by atoms with Crippen LogP contribution < -0.4 is 19.5 Å². The van der Waals surface area contributed by atoms with Crippen molar-refractivity contribution >= 4 is 29.3 Å². The Bertz CT molecular complexity index is 1320. The molecule has 0 spiro atoms. The highest BCUT2D eigenvalue weighted by molar-refractivity contribution is 6.32. The number of rotatable bonds is 13. The van der Waals surface area contributed by atoms with Gasteiger partial charge in [-0.25, -0.2) is 0 Å². The SMILES string of the molecule is CCOc1cc(/C=C(\C#N)C(=O)Nc2cccc(C)c2)cc(Cl)c1OCCOCCOc1cccc(C)c1. The fraction of sp³-hybridized carbons (Fsp3) is 0.267. The number of amides is 1. The van der Waals surface area contributed by atoms with Crippen molar-refractivity contribution < 1.29 is 23.7 Å². The molecular weight excluding hydrogens is 504 g/mol.